The van der Waals surface area contributed by atoms with E-state index in [0.717, 1.165) is 5.82 Å². The zero-order valence-corrected chi connectivity index (χ0v) is 7.99. The zero-order valence-electron chi connectivity index (χ0n) is 7.99. The van der Waals surface area contributed by atoms with Crippen LogP contribution in [0.25, 0.3) is 0 Å². The van der Waals surface area contributed by atoms with Gasteiger partial charge in [0.05, 0.1) is 13.1 Å². The number of nitrogens with zero attached hydrogens (tertiary/aromatic N) is 2. The second kappa shape index (κ2) is 4.25. The molecule has 0 saturated heterocycles. The van der Waals surface area contributed by atoms with E-state index in [1.807, 2.05) is 0 Å². The van der Waals surface area contributed by atoms with Crippen LogP contribution in [0.1, 0.15) is 36.9 Å². The van der Waals surface area contributed by atoms with E-state index in [9.17, 15) is 0 Å². The van der Waals surface area contributed by atoms with Crippen LogP contribution in [-0.2, 0) is 6.54 Å². The number of hydrogen-bond donors (Lipinski definition) is 1. The molecule has 74 valence electrons. The third kappa shape index (κ3) is 1.94. The van der Waals surface area contributed by atoms with Gasteiger partial charge in [0.2, 0.25) is 5.89 Å². The molecule has 4 heteroatoms. The summed E-state index contributed by atoms with van der Waals surface area (Å²) < 4.78 is 5.08. The molecule has 1 aliphatic carbocycles. The summed E-state index contributed by atoms with van der Waals surface area (Å²) in [5, 5.41) is 6.95. The Bertz CT molecular complexity index is 335. The van der Waals surface area contributed by atoms with Crippen molar-refractivity contribution in [2.24, 2.45) is 0 Å². The van der Waals surface area contributed by atoms with E-state index in [2.05, 4.69) is 21.4 Å². The van der Waals surface area contributed by atoms with Crippen molar-refractivity contribution in [3.63, 3.8) is 0 Å². The minimum absolute atomic E-state index is 0.528. The summed E-state index contributed by atoms with van der Waals surface area (Å²) in [6.45, 7) is 1.09. The minimum atomic E-state index is 0.528. The smallest absolute Gasteiger partial charge is 0.240 e. The second-order valence-electron chi connectivity index (χ2n) is 3.48. The lowest BCUT2D eigenvalue weighted by atomic mass is 9.85. The third-order valence-corrected chi connectivity index (χ3v) is 2.46. The van der Waals surface area contributed by atoms with Crippen LogP contribution in [0.15, 0.2) is 4.52 Å². The molecule has 0 amide bonds. The van der Waals surface area contributed by atoms with E-state index in [0.29, 0.717) is 24.9 Å². The Labute approximate surface area is 83.1 Å². The molecule has 0 atom stereocenters. The quantitative estimate of drug-likeness (QED) is 0.571. The maximum Gasteiger partial charge on any atom is 0.240 e. The first-order valence-electron chi connectivity index (χ1n) is 4.87. The van der Waals surface area contributed by atoms with Crippen molar-refractivity contribution >= 4 is 0 Å². The van der Waals surface area contributed by atoms with Gasteiger partial charge in [0.15, 0.2) is 5.82 Å². The van der Waals surface area contributed by atoms with Crippen LogP contribution in [0.3, 0.4) is 0 Å². The Kier molecular flexibility index (Phi) is 2.80. The summed E-state index contributed by atoms with van der Waals surface area (Å²) in [4.78, 5) is 4.30. The van der Waals surface area contributed by atoms with Gasteiger partial charge < -0.3 is 4.52 Å². The molecule has 1 aromatic rings. The van der Waals surface area contributed by atoms with E-state index in [1.54, 1.807) is 0 Å². The molecule has 0 aromatic carbocycles. The van der Waals surface area contributed by atoms with Crippen molar-refractivity contribution in [1.29, 1.82) is 0 Å². The molecule has 1 fully saturated rings. The molecule has 1 saturated carbocycles. The van der Waals surface area contributed by atoms with Gasteiger partial charge in [-0.15, -0.1) is 6.42 Å². The van der Waals surface area contributed by atoms with Gasteiger partial charge in [-0.25, -0.2) is 0 Å². The summed E-state index contributed by atoms with van der Waals surface area (Å²) in [7, 11) is 0. The highest BCUT2D eigenvalue weighted by Gasteiger charge is 2.24. The van der Waals surface area contributed by atoms with Gasteiger partial charge in [-0.05, 0) is 12.8 Å². The molecule has 0 unspecified atom stereocenters. The van der Waals surface area contributed by atoms with E-state index in [1.165, 1.54) is 19.3 Å². The fourth-order valence-corrected chi connectivity index (χ4v) is 1.41. The van der Waals surface area contributed by atoms with Crippen molar-refractivity contribution in [3.8, 4) is 12.3 Å². The summed E-state index contributed by atoms with van der Waals surface area (Å²) in [5.41, 5.74) is 0. The molecule has 0 radical (unpaired) electrons. The first-order valence-corrected chi connectivity index (χ1v) is 4.87. The maximum atomic E-state index is 5.10. The first kappa shape index (κ1) is 9.22. The van der Waals surface area contributed by atoms with Gasteiger partial charge in [0.1, 0.15) is 0 Å². The van der Waals surface area contributed by atoms with Crippen LogP contribution in [0.2, 0.25) is 0 Å². The van der Waals surface area contributed by atoms with Crippen LogP contribution in [0.4, 0.5) is 0 Å². The SMILES string of the molecule is C#CCNCc1nc(C2CCC2)no1. The summed E-state index contributed by atoms with van der Waals surface area (Å²) >= 11 is 0. The molecule has 0 aliphatic heterocycles. The Morgan fingerprint density at radius 1 is 1.57 bits per heavy atom. The van der Waals surface area contributed by atoms with Crippen molar-refractivity contribution in [2.45, 2.75) is 31.7 Å². The molecule has 4 nitrogen and oxygen atoms in total. The summed E-state index contributed by atoms with van der Waals surface area (Å²) in [6.07, 6.45) is 8.76. The predicted molar refractivity (Wildman–Crippen MR) is 51.4 cm³/mol. The van der Waals surface area contributed by atoms with E-state index < -0.39 is 0 Å². The number of rotatable bonds is 4. The summed E-state index contributed by atoms with van der Waals surface area (Å²) in [6, 6.07) is 0. The first-order chi connectivity index (χ1) is 6.90. The highest BCUT2D eigenvalue weighted by molar-refractivity contribution is 4.99. The largest absolute Gasteiger partial charge is 0.338 e. The van der Waals surface area contributed by atoms with Crippen LogP contribution in [0, 0.1) is 12.3 Å². The third-order valence-electron chi connectivity index (χ3n) is 2.46. The van der Waals surface area contributed by atoms with Gasteiger partial charge in [-0.3, -0.25) is 5.32 Å². The molecular formula is C10H13N3O. The van der Waals surface area contributed by atoms with Crippen molar-refractivity contribution < 1.29 is 4.52 Å². The Hall–Kier alpha value is -1.34. The molecule has 1 aromatic heterocycles. The van der Waals surface area contributed by atoms with Crippen molar-refractivity contribution in [1.82, 2.24) is 15.5 Å². The summed E-state index contributed by atoms with van der Waals surface area (Å²) in [5.74, 6) is 4.50. The zero-order chi connectivity index (χ0) is 9.80. The molecule has 14 heavy (non-hydrogen) atoms. The second-order valence-corrected chi connectivity index (χ2v) is 3.48. The fraction of sp³-hybridized carbons (Fsp3) is 0.600. The standard InChI is InChI=1S/C10H13N3O/c1-2-6-11-7-9-12-10(13-14-9)8-4-3-5-8/h1,8,11H,3-7H2. The van der Waals surface area contributed by atoms with Gasteiger partial charge >= 0.3 is 0 Å². The van der Waals surface area contributed by atoms with E-state index in [-0.39, 0.29) is 0 Å². The predicted octanol–water partition coefficient (Wildman–Crippen LogP) is 1.06. The normalized spacial score (nSPS) is 16.2. The maximum absolute atomic E-state index is 5.10. The molecule has 1 N–H and O–H groups in total. The topological polar surface area (TPSA) is 51.0 Å². The molecule has 0 bridgehead atoms. The van der Waals surface area contributed by atoms with E-state index in [4.69, 9.17) is 10.9 Å². The number of hydrogen-bond acceptors (Lipinski definition) is 4. The lowest BCUT2D eigenvalue weighted by molar-refractivity contribution is 0.343. The molecular weight excluding hydrogens is 178 g/mol. The van der Waals surface area contributed by atoms with Crippen molar-refractivity contribution in [2.75, 3.05) is 6.54 Å². The fourth-order valence-electron chi connectivity index (χ4n) is 1.41. The Morgan fingerprint density at radius 2 is 2.43 bits per heavy atom. The average Bonchev–Trinajstić information content (AvgIpc) is 2.51. The highest BCUT2D eigenvalue weighted by Crippen LogP contribution is 2.34. The minimum Gasteiger partial charge on any atom is -0.338 e. The Morgan fingerprint density at radius 3 is 3.07 bits per heavy atom. The van der Waals surface area contributed by atoms with Crippen LogP contribution < -0.4 is 5.32 Å². The van der Waals surface area contributed by atoms with Gasteiger partial charge in [-0.2, -0.15) is 4.98 Å². The van der Waals surface area contributed by atoms with Gasteiger partial charge in [0.25, 0.3) is 0 Å². The van der Waals surface area contributed by atoms with Crippen molar-refractivity contribution in [3.05, 3.63) is 11.7 Å². The lowest BCUT2D eigenvalue weighted by Gasteiger charge is -2.20. The number of aromatic nitrogens is 2. The van der Waals surface area contributed by atoms with Crippen LogP contribution in [-0.4, -0.2) is 16.7 Å². The molecule has 1 aliphatic rings. The van der Waals surface area contributed by atoms with E-state index >= 15 is 0 Å². The van der Waals surface area contributed by atoms with Gasteiger partial charge in [0, 0.05) is 5.92 Å². The van der Waals surface area contributed by atoms with Gasteiger partial charge in [-0.1, -0.05) is 17.5 Å². The number of terminal acetylenes is 1. The monoisotopic (exact) mass is 191 g/mol. The molecule has 2 rings (SSSR count). The lowest BCUT2D eigenvalue weighted by Crippen LogP contribution is -2.14. The average molecular weight is 191 g/mol. The number of nitrogens with one attached hydrogen (secondary N) is 1. The van der Waals surface area contributed by atoms with Crippen LogP contribution in [0.5, 0.6) is 0 Å². The highest BCUT2D eigenvalue weighted by atomic mass is 16.5. The molecule has 1 heterocycles. The Balaban J connectivity index is 1.86. The van der Waals surface area contributed by atoms with Crippen LogP contribution >= 0.6 is 0 Å². The molecule has 0 spiro atoms.